The van der Waals surface area contributed by atoms with E-state index in [-0.39, 0.29) is 11.5 Å². The molecule has 0 atom stereocenters. The minimum Gasteiger partial charge on any atom is -0.507 e. The number of benzene rings is 1. The number of phenols is 1. The van der Waals surface area contributed by atoms with Gasteiger partial charge in [-0.05, 0) is 38.0 Å². The van der Waals surface area contributed by atoms with Crippen LogP contribution in [0.5, 0.6) is 11.5 Å². The Hall–Kier alpha value is -1.89. The quantitative estimate of drug-likeness (QED) is 0.728. The average Bonchev–Trinajstić information content (AvgIpc) is 2.91. The summed E-state index contributed by atoms with van der Waals surface area (Å²) >= 11 is 0. The Kier molecular flexibility index (Phi) is 6.58. The monoisotopic (exact) mass is 349 g/mol. The second-order valence-corrected chi connectivity index (χ2v) is 6.42. The Balaban J connectivity index is 2.39. The van der Waals surface area contributed by atoms with E-state index in [1.165, 1.54) is 0 Å². The van der Waals surface area contributed by atoms with E-state index in [0.717, 1.165) is 11.1 Å². The molecule has 0 aliphatic carbocycles. The molecule has 1 aromatic carbocycles. The highest BCUT2D eigenvalue weighted by atomic mass is 16.5. The highest BCUT2D eigenvalue weighted by molar-refractivity contribution is 6.14. The SMILES string of the molecule is COCCN(CCOC)Cc1c(O)cc(C)c2c1OC(=C(C)C)C2=O. The van der Waals surface area contributed by atoms with Gasteiger partial charge in [-0.2, -0.15) is 0 Å². The molecule has 25 heavy (non-hydrogen) atoms. The number of aryl methyl sites for hydroxylation is 1. The summed E-state index contributed by atoms with van der Waals surface area (Å²) in [4.78, 5) is 14.7. The lowest BCUT2D eigenvalue weighted by Gasteiger charge is -2.23. The number of nitrogens with zero attached hydrogens (tertiary/aromatic N) is 1. The zero-order chi connectivity index (χ0) is 18.6. The third kappa shape index (κ3) is 4.21. The van der Waals surface area contributed by atoms with Crippen molar-refractivity contribution in [3.8, 4) is 11.5 Å². The van der Waals surface area contributed by atoms with Gasteiger partial charge < -0.3 is 19.3 Å². The molecule has 0 spiro atoms. The molecular weight excluding hydrogens is 322 g/mol. The molecule has 0 saturated carbocycles. The summed E-state index contributed by atoms with van der Waals surface area (Å²) in [6, 6.07) is 1.63. The number of hydrogen-bond donors (Lipinski definition) is 1. The van der Waals surface area contributed by atoms with E-state index in [4.69, 9.17) is 14.2 Å². The normalized spacial score (nSPS) is 13.4. The predicted molar refractivity (Wildman–Crippen MR) is 95.2 cm³/mol. The lowest BCUT2D eigenvalue weighted by atomic mass is 9.99. The summed E-state index contributed by atoms with van der Waals surface area (Å²) in [6.45, 7) is 8.45. The number of fused-ring (bicyclic) bond motifs is 1. The van der Waals surface area contributed by atoms with Gasteiger partial charge in [-0.3, -0.25) is 9.69 Å². The molecule has 1 aliphatic heterocycles. The van der Waals surface area contributed by atoms with Crippen molar-refractivity contribution in [1.82, 2.24) is 4.90 Å². The van der Waals surface area contributed by atoms with E-state index < -0.39 is 0 Å². The van der Waals surface area contributed by atoms with Crippen LogP contribution in [0.1, 0.15) is 35.3 Å². The summed E-state index contributed by atoms with van der Waals surface area (Å²) in [7, 11) is 3.30. The first-order valence-electron chi connectivity index (χ1n) is 8.36. The maximum Gasteiger partial charge on any atom is 0.232 e. The van der Waals surface area contributed by atoms with Crippen molar-refractivity contribution >= 4 is 5.78 Å². The van der Waals surface area contributed by atoms with Gasteiger partial charge in [-0.25, -0.2) is 0 Å². The van der Waals surface area contributed by atoms with Gasteiger partial charge in [0, 0.05) is 33.9 Å². The summed E-state index contributed by atoms with van der Waals surface area (Å²) in [5.74, 6) is 0.844. The number of phenolic OH excluding ortho intramolecular Hbond substituents is 1. The topological polar surface area (TPSA) is 68.2 Å². The summed E-state index contributed by atoms with van der Waals surface area (Å²) in [6.07, 6.45) is 0. The molecule has 2 rings (SSSR count). The smallest absolute Gasteiger partial charge is 0.232 e. The third-order valence-electron chi connectivity index (χ3n) is 4.25. The average molecular weight is 349 g/mol. The molecule has 138 valence electrons. The number of carbonyl (C=O) groups is 1. The lowest BCUT2D eigenvalue weighted by molar-refractivity contribution is 0.101. The molecule has 6 heteroatoms. The van der Waals surface area contributed by atoms with Gasteiger partial charge >= 0.3 is 0 Å². The van der Waals surface area contributed by atoms with Gasteiger partial charge in [0.05, 0.1) is 24.3 Å². The Morgan fingerprint density at radius 1 is 1.20 bits per heavy atom. The van der Waals surface area contributed by atoms with Crippen molar-refractivity contribution in [3.63, 3.8) is 0 Å². The first kappa shape index (κ1) is 19.4. The van der Waals surface area contributed by atoms with Crippen molar-refractivity contribution in [2.75, 3.05) is 40.5 Å². The van der Waals surface area contributed by atoms with E-state index in [2.05, 4.69) is 4.90 Å². The fourth-order valence-corrected chi connectivity index (χ4v) is 2.88. The Bertz CT molecular complexity index is 669. The molecule has 0 amide bonds. The number of carbonyl (C=O) groups excluding carboxylic acids is 1. The van der Waals surface area contributed by atoms with Crippen LogP contribution in [0.15, 0.2) is 17.4 Å². The van der Waals surface area contributed by atoms with E-state index in [1.54, 1.807) is 20.3 Å². The molecule has 0 radical (unpaired) electrons. The van der Waals surface area contributed by atoms with Crippen molar-refractivity contribution in [3.05, 3.63) is 34.1 Å². The van der Waals surface area contributed by atoms with Crippen molar-refractivity contribution < 1.29 is 24.1 Å². The molecule has 1 heterocycles. The largest absolute Gasteiger partial charge is 0.507 e. The number of methoxy groups -OCH3 is 2. The Morgan fingerprint density at radius 3 is 2.32 bits per heavy atom. The molecule has 1 N–H and O–H groups in total. The number of aromatic hydroxyl groups is 1. The molecule has 0 unspecified atom stereocenters. The van der Waals surface area contributed by atoms with Crippen LogP contribution in [0.4, 0.5) is 0 Å². The fourth-order valence-electron chi connectivity index (χ4n) is 2.88. The molecular formula is C19H27NO5. The number of hydrogen-bond acceptors (Lipinski definition) is 6. The van der Waals surface area contributed by atoms with Gasteiger partial charge in [0.15, 0.2) is 5.76 Å². The number of rotatable bonds is 8. The molecule has 6 nitrogen and oxygen atoms in total. The minimum absolute atomic E-state index is 0.117. The van der Waals surface area contributed by atoms with E-state index in [0.29, 0.717) is 55.5 Å². The van der Waals surface area contributed by atoms with Gasteiger partial charge in [-0.15, -0.1) is 0 Å². The zero-order valence-corrected chi connectivity index (χ0v) is 15.6. The zero-order valence-electron chi connectivity index (χ0n) is 15.6. The number of Topliss-reactive ketones (excluding diaryl/α,β-unsaturated/α-hetero) is 1. The minimum atomic E-state index is -0.117. The number of ether oxygens (including phenoxy) is 3. The standard InChI is InChI=1S/C19H27NO5/c1-12(2)18-17(22)16-13(3)10-15(21)14(19(16)25-18)11-20(6-8-23-4)7-9-24-5/h10,21H,6-9,11H2,1-5H3. The van der Waals surface area contributed by atoms with Crippen LogP contribution in [0, 0.1) is 6.92 Å². The van der Waals surface area contributed by atoms with Gasteiger partial charge in [-0.1, -0.05) is 0 Å². The Labute approximate surface area is 149 Å². The second-order valence-electron chi connectivity index (χ2n) is 6.42. The maximum atomic E-state index is 12.6. The van der Waals surface area contributed by atoms with E-state index >= 15 is 0 Å². The molecule has 0 fully saturated rings. The lowest BCUT2D eigenvalue weighted by Crippen LogP contribution is -2.30. The van der Waals surface area contributed by atoms with Crippen LogP contribution in [0.3, 0.4) is 0 Å². The highest BCUT2D eigenvalue weighted by Gasteiger charge is 2.34. The van der Waals surface area contributed by atoms with Crippen molar-refractivity contribution in [2.24, 2.45) is 0 Å². The molecule has 0 aromatic heterocycles. The number of ketones is 1. The van der Waals surface area contributed by atoms with Crippen molar-refractivity contribution in [2.45, 2.75) is 27.3 Å². The van der Waals surface area contributed by atoms with Crippen LogP contribution in [0.2, 0.25) is 0 Å². The van der Waals surface area contributed by atoms with E-state index in [1.807, 2.05) is 20.8 Å². The summed E-state index contributed by atoms with van der Waals surface area (Å²) < 4.78 is 16.2. The van der Waals surface area contributed by atoms with Crippen LogP contribution in [-0.4, -0.2) is 56.3 Å². The van der Waals surface area contributed by atoms with Gasteiger partial charge in [0.1, 0.15) is 11.5 Å². The highest BCUT2D eigenvalue weighted by Crippen LogP contribution is 2.42. The second kappa shape index (κ2) is 8.47. The van der Waals surface area contributed by atoms with Crippen LogP contribution >= 0.6 is 0 Å². The molecule has 1 aliphatic rings. The summed E-state index contributed by atoms with van der Waals surface area (Å²) in [5, 5.41) is 10.5. The first-order valence-corrected chi connectivity index (χ1v) is 8.36. The van der Waals surface area contributed by atoms with Crippen LogP contribution in [-0.2, 0) is 16.0 Å². The van der Waals surface area contributed by atoms with Crippen molar-refractivity contribution in [1.29, 1.82) is 0 Å². The first-order chi connectivity index (χ1) is 11.9. The molecule has 1 aromatic rings. The number of allylic oxidation sites excluding steroid dienone is 2. The van der Waals surface area contributed by atoms with Crippen LogP contribution in [0.25, 0.3) is 0 Å². The third-order valence-corrected chi connectivity index (χ3v) is 4.25. The maximum absolute atomic E-state index is 12.6. The fraction of sp³-hybridized carbons (Fsp3) is 0.526. The summed E-state index contributed by atoms with van der Waals surface area (Å²) in [5.41, 5.74) is 2.71. The van der Waals surface area contributed by atoms with Gasteiger partial charge in [0.25, 0.3) is 0 Å². The Morgan fingerprint density at radius 2 is 1.80 bits per heavy atom. The van der Waals surface area contributed by atoms with Crippen LogP contribution < -0.4 is 4.74 Å². The van der Waals surface area contributed by atoms with Gasteiger partial charge in [0.2, 0.25) is 5.78 Å². The van der Waals surface area contributed by atoms with E-state index in [9.17, 15) is 9.90 Å². The molecule has 0 saturated heterocycles. The predicted octanol–water partition coefficient (Wildman–Crippen LogP) is 2.66. The molecule has 0 bridgehead atoms.